The number of carbonyl (C=O) groups excluding carboxylic acids is 1. The standard InChI is InChI=1S/C13H15ClN4O/c1-18-7-9(14)4-12(18)13(19)15-6-10-5-11(17-16-10)8-2-3-8/h4-5,7-8H,2-3,6H2,1H3,(H,15,19)(H,16,17). The molecule has 1 fully saturated rings. The molecule has 1 saturated carbocycles. The van der Waals surface area contributed by atoms with Crippen molar-refractivity contribution < 1.29 is 4.79 Å². The van der Waals surface area contributed by atoms with Crippen LogP contribution in [0.2, 0.25) is 5.02 Å². The average Bonchev–Trinajstić information content (AvgIpc) is 3.02. The van der Waals surface area contributed by atoms with Gasteiger partial charge in [-0.25, -0.2) is 0 Å². The highest BCUT2D eigenvalue weighted by Crippen LogP contribution is 2.38. The Hall–Kier alpha value is -1.75. The molecule has 0 bridgehead atoms. The zero-order valence-corrected chi connectivity index (χ0v) is 11.4. The van der Waals surface area contributed by atoms with Gasteiger partial charge in [0, 0.05) is 19.2 Å². The van der Waals surface area contributed by atoms with E-state index in [0.717, 1.165) is 11.4 Å². The molecule has 1 aliphatic rings. The summed E-state index contributed by atoms with van der Waals surface area (Å²) in [5.41, 5.74) is 2.58. The zero-order chi connectivity index (χ0) is 13.4. The van der Waals surface area contributed by atoms with Crippen molar-refractivity contribution in [3.05, 3.63) is 40.4 Å². The monoisotopic (exact) mass is 278 g/mol. The van der Waals surface area contributed by atoms with Crippen molar-refractivity contribution in [3.8, 4) is 0 Å². The van der Waals surface area contributed by atoms with Crippen LogP contribution in [0.5, 0.6) is 0 Å². The molecular weight excluding hydrogens is 264 g/mol. The van der Waals surface area contributed by atoms with Crippen LogP contribution >= 0.6 is 11.6 Å². The summed E-state index contributed by atoms with van der Waals surface area (Å²) in [6.45, 7) is 0.446. The summed E-state index contributed by atoms with van der Waals surface area (Å²) in [5, 5.41) is 10.6. The number of rotatable bonds is 4. The van der Waals surface area contributed by atoms with Gasteiger partial charge >= 0.3 is 0 Å². The van der Waals surface area contributed by atoms with E-state index in [1.807, 2.05) is 6.07 Å². The molecule has 5 nitrogen and oxygen atoms in total. The fourth-order valence-corrected chi connectivity index (χ4v) is 2.32. The molecule has 2 aromatic heterocycles. The van der Waals surface area contributed by atoms with Gasteiger partial charge in [0.25, 0.3) is 5.91 Å². The molecule has 6 heteroatoms. The van der Waals surface area contributed by atoms with Crippen molar-refractivity contribution in [1.82, 2.24) is 20.1 Å². The highest BCUT2D eigenvalue weighted by molar-refractivity contribution is 6.31. The molecule has 1 aliphatic carbocycles. The van der Waals surface area contributed by atoms with E-state index in [-0.39, 0.29) is 5.91 Å². The summed E-state index contributed by atoms with van der Waals surface area (Å²) >= 11 is 5.86. The van der Waals surface area contributed by atoms with Crippen LogP contribution in [0.15, 0.2) is 18.3 Å². The predicted molar refractivity (Wildman–Crippen MR) is 72.2 cm³/mol. The van der Waals surface area contributed by atoms with Gasteiger partial charge in [-0.1, -0.05) is 11.6 Å². The van der Waals surface area contributed by atoms with Crippen LogP contribution in [0.4, 0.5) is 0 Å². The number of halogens is 1. The highest BCUT2D eigenvalue weighted by Gasteiger charge is 2.26. The lowest BCUT2D eigenvalue weighted by Gasteiger charge is -2.04. The molecule has 3 rings (SSSR count). The molecule has 0 atom stereocenters. The van der Waals surface area contributed by atoms with Gasteiger partial charge < -0.3 is 9.88 Å². The smallest absolute Gasteiger partial charge is 0.268 e. The number of aromatic nitrogens is 3. The molecule has 1 amide bonds. The van der Waals surface area contributed by atoms with E-state index < -0.39 is 0 Å². The van der Waals surface area contributed by atoms with E-state index >= 15 is 0 Å². The molecular formula is C13H15ClN4O. The molecule has 0 aromatic carbocycles. The van der Waals surface area contributed by atoms with Crippen LogP contribution in [-0.2, 0) is 13.6 Å². The zero-order valence-electron chi connectivity index (χ0n) is 10.6. The number of hydrogen-bond donors (Lipinski definition) is 2. The van der Waals surface area contributed by atoms with Gasteiger partial charge in [-0.3, -0.25) is 9.89 Å². The second-order valence-corrected chi connectivity index (χ2v) is 5.37. The summed E-state index contributed by atoms with van der Waals surface area (Å²) in [4.78, 5) is 12.0. The minimum absolute atomic E-state index is 0.142. The van der Waals surface area contributed by atoms with Crippen molar-refractivity contribution in [3.63, 3.8) is 0 Å². The topological polar surface area (TPSA) is 62.7 Å². The molecule has 0 saturated heterocycles. The van der Waals surface area contributed by atoms with Gasteiger partial charge in [-0.15, -0.1) is 0 Å². The highest BCUT2D eigenvalue weighted by atomic mass is 35.5. The molecule has 2 aromatic rings. The SMILES string of the molecule is Cn1cc(Cl)cc1C(=O)NCc1cc(C2CC2)n[nH]1. The Bertz CT molecular complexity index is 612. The van der Waals surface area contributed by atoms with Crippen LogP contribution < -0.4 is 5.32 Å². The van der Waals surface area contributed by atoms with Crippen LogP contribution in [0, 0.1) is 0 Å². The Morgan fingerprint density at radius 3 is 3.00 bits per heavy atom. The van der Waals surface area contributed by atoms with Crippen molar-refractivity contribution in [1.29, 1.82) is 0 Å². The van der Waals surface area contributed by atoms with Gasteiger partial charge in [-0.05, 0) is 25.0 Å². The molecule has 0 unspecified atom stereocenters. The Morgan fingerprint density at radius 1 is 1.58 bits per heavy atom. The largest absolute Gasteiger partial charge is 0.345 e. The number of aromatic amines is 1. The first-order chi connectivity index (χ1) is 9.13. The molecule has 0 radical (unpaired) electrons. The first-order valence-electron chi connectivity index (χ1n) is 6.27. The lowest BCUT2D eigenvalue weighted by Crippen LogP contribution is -2.24. The quantitative estimate of drug-likeness (QED) is 0.901. The first kappa shape index (κ1) is 12.3. The third-order valence-electron chi connectivity index (χ3n) is 3.29. The predicted octanol–water partition coefficient (Wildman–Crippen LogP) is 2.21. The number of hydrogen-bond acceptors (Lipinski definition) is 2. The Kier molecular flexibility index (Phi) is 3.06. The van der Waals surface area contributed by atoms with Crippen molar-refractivity contribution in [2.75, 3.05) is 0 Å². The number of amides is 1. The van der Waals surface area contributed by atoms with E-state index in [9.17, 15) is 4.79 Å². The number of nitrogens with one attached hydrogen (secondary N) is 2. The van der Waals surface area contributed by atoms with Gasteiger partial charge in [0.05, 0.1) is 23.0 Å². The van der Waals surface area contributed by atoms with E-state index in [1.54, 1.807) is 23.9 Å². The molecule has 19 heavy (non-hydrogen) atoms. The van der Waals surface area contributed by atoms with Gasteiger partial charge in [-0.2, -0.15) is 5.10 Å². The van der Waals surface area contributed by atoms with Crippen molar-refractivity contribution in [2.45, 2.75) is 25.3 Å². The Morgan fingerprint density at radius 2 is 2.37 bits per heavy atom. The van der Waals surface area contributed by atoms with Crippen LogP contribution in [-0.4, -0.2) is 20.7 Å². The van der Waals surface area contributed by atoms with Gasteiger partial charge in [0.15, 0.2) is 0 Å². The first-order valence-corrected chi connectivity index (χ1v) is 6.65. The average molecular weight is 279 g/mol. The molecule has 100 valence electrons. The second kappa shape index (κ2) is 4.74. The Balaban J connectivity index is 1.61. The third-order valence-corrected chi connectivity index (χ3v) is 3.50. The van der Waals surface area contributed by atoms with Crippen LogP contribution in [0.3, 0.4) is 0 Å². The maximum absolute atomic E-state index is 12.0. The van der Waals surface area contributed by atoms with Gasteiger partial charge in [0.2, 0.25) is 0 Å². The Labute approximate surface area is 116 Å². The lowest BCUT2D eigenvalue weighted by atomic mass is 10.2. The van der Waals surface area contributed by atoms with E-state index in [2.05, 4.69) is 15.5 Å². The number of nitrogens with zero attached hydrogens (tertiary/aromatic N) is 2. The molecule has 2 heterocycles. The van der Waals surface area contributed by atoms with Crippen molar-refractivity contribution in [2.24, 2.45) is 7.05 Å². The summed E-state index contributed by atoms with van der Waals surface area (Å²) in [7, 11) is 1.79. The summed E-state index contributed by atoms with van der Waals surface area (Å²) in [6, 6.07) is 3.68. The molecule has 0 aliphatic heterocycles. The summed E-state index contributed by atoms with van der Waals surface area (Å²) < 4.78 is 1.71. The van der Waals surface area contributed by atoms with Crippen molar-refractivity contribution >= 4 is 17.5 Å². The fraction of sp³-hybridized carbons (Fsp3) is 0.385. The fourth-order valence-electron chi connectivity index (χ4n) is 2.07. The minimum Gasteiger partial charge on any atom is -0.345 e. The maximum atomic E-state index is 12.0. The maximum Gasteiger partial charge on any atom is 0.268 e. The number of H-pyrrole nitrogens is 1. The second-order valence-electron chi connectivity index (χ2n) is 4.93. The molecule has 2 N–H and O–H groups in total. The van der Waals surface area contributed by atoms with E-state index in [0.29, 0.717) is 23.2 Å². The van der Waals surface area contributed by atoms with Gasteiger partial charge in [0.1, 0.15) is 5.69 Å². The third kappa shape index (κ3) is 2.66. The summed E-state index contributed by atoms with van der Waals surface area (Å²) in [5.74, 6) is 0.476. The van der Waals surface area contributed by atoms with Crippen LogP contribution in [0.25, 0.3) is 0 Å². The minimum atomic E-state index is -0.142. The number of aryl methyl sites for hydroxylation is 1. The van der Waals surface area contributed by atoms with E-state index in [1.165, 1.54) is 12.8 Å². The summed E-state index contributed by atoms with van der Waals surface area (Å²) in [6.07, 6.45) is 4.15. The van der Waals surface area contributed by atoms with Crippen LogP contribution in [0.1, 0.15) is 40.6 Å². The number of carbonyl (C=O) groups is 1. The normalized spacial score (nSPS) is 14.6. The molecule has 0 spiro atoms. The lowest BCUT2D eigenvalue weighted by molar-refractivity contribution is 0.0942. The van der Waals surface area contributed by atoms with E-state index in [4.69, 9.17) is 11.6 Å².